The Hall–Kier alpha value is -1.94. The lowest BCUT2D eigenvalue weighted by atomic mass is 10.0. The second kappa shape index (κ2) is 56.1. The maximum absolute atomic E-state index is 13.0. The van der Waals surface area contributed by atoms with E-state index in [2.05, 4.69) is 55.4 Å². The summed E-state index contributed by atoms with van der Waals surface area (Å²) in [7, 11) is -9.89. The van der Waals surface area contributed by atoms with Crippen LogP contribution >= 0.6 is 15.6 Å². The molecule has 504 valence electrons. The van der Waals surface area contributed by atoms with E-state index in [4.69, 9.17) is 37.0 Å². The summed E-state index contributed by atoms with van der Waals surface area (Å²) in [4.78, 5) is 72.3. The lowest BCUT2D eigenvalue weighted by Gasteiger charge is -2.21. The number of ether oxygens (including phenoxy) is 4. The van der Waals surface area contributed by atoms with E-state index in [1.54, 1.807) is 0 Å². The molecule has 0 spiro atoms. The first kappa shape index (κ1) is 83.1. The number of carbonyl (C=O) groups excluding carboxylic acids is 4. The van der Waals surface area contributed by atoms with Gasteiger partial charge in [0.1, 0.15) is 19.3 Å². The maximum Gasteiger partial charge on any atom is 0.472 e. The van der Waals surface area contributed by atoms with Crippen molar-refractivity contribution in [2.45, 2.75) is 337 Å². The van der Waals surface area contributed by atoms with E-state index >= 15 is 0 Å². The lowest BCUT2D eigenvalue weighted by molar-refractivity contribution is -0.161. The minimum Gasteiger partial charge on any atom is -0.462 e. The highest BCUT2D eigenvalue weighted by atomic mass is 31.2. The average molecular weight is 1260 g/mol. The van der Waals surface area contributed by atoms with Crippen LogP contribution in [0.1, 0.15) is 319 Å². The standard InChI is InChI=1S/C66H128O17P2/c1-56(2)42-34-26-18-12-10-9-11-13-22-32-40-48-65(70)82-61(52-76-63(68)46-38-30-21-16-14-19-27-35-43-57(3)4)54-80-84(72,73)78-50-60(67)51-79-85(74,75)81-55-62(53-77-64(69)47-39-31-25-24-29-37-45-59(7)8)83-66(71)49-41-33-23-17-15-20-28-36-44-58(5)6/h56-62,67H,9-55H2,1-8H3,(H,72,73)(H,74,75)/t60-,61-,62-/m1/s1. The van der Waals surface area contributed by atoms with Crippen molar-refractivity contribution in [1.29, 1.82) is 0 Å². The highest BCUT2D eigenvalue weighted by molar-refractivity contribution is 7.47. The number of hydrogen-bond donors (Lipinski definition) is 3. The van der Waals surface area contributed by atoms with E-state index < -0.39 is 97.5 Å². The molecule has 0 fully saturated rings. The van der Waals surface area contributed by atoms with Gasteiger partial charge in [0.25, 0.3) is 0 Å². The van der Waals surface area contributed by atoms with Gasteiger partial charge in [0.15, 0.2) is 12.2 Å². The van der Waals surface area contributed by atoms with Gasteiger partial charge in [0.05, 0.1) is 26.4 Å². The summed E-state index contributed by atoms with van der Waals surface area (Å²) in [6, 6.07) is 0. The largest absolute Gasteiger partial charge is 0.472 e. The zero-order valence-corrected chi connectivity index (χ0v) is 57.0. The van der Waals surface area contributed by atoms with Crippen LogP contribution in [0.5, 0.6) is 0 Å². The molecule has 85 heavy (non-hydrogen) atoms. The second-order valence-corrected chi connectivity index (χ2v) is 28.7. The van der Waals surface area contributed by atoms with Crippen LogP contribution in [-0.2, 0) is 65.4 Å². The summed E-state index contributed by atoms with van der Waals surface area (Å²) >= 11 is 0. The monoisotopic (exact) mass is 1250 g/mol. The zero-order valence-electron chi connectivity index (χ0n) is 55.2. The van der Waals surface area contributed by atoms with Gasteiger partial charge in [0, 0.05) is 25.7 Å². The SMILES string of the molecule is CC(C)CCCCCCCCCCCCCC(=O)O[C@H](COC(=O)CCCCCCCCCCC(C)C)COP(=O)(O)OC[C@@H](O)COP(=O)(O)OC[C@@H](COC(=O)CCCCCCCCC(C)C)OC(=O)CCCCCCCCCCC(C)C. The molecular weight excluding hydrogens is 1130 g/mol. The summed E-state index contributed by atoms with van der Waals surface area (Å²) in [5.74, 6) is 0.751. The summed E-state index contributed by atoms with van der Waals surface area (Å²) in [5, 5.41) is 10.5. The number of carbonyl (C=O) groups is 4. The Morgan fingerprint density at radius 3 is 0.729 bits per heavy atom. The van der Waals surface area contributed by atoms with E-state index in [0.29, 0.717) is 31.6 Å². The third kappa shape index (κ3) is 60.7. The molecule has 19 heteroatoms. The number of phosphoric acid groups is 2. The molecule has 3 N–H and O–H groups in total. The van der Waals surface area contributed by atoms with Gasteiger partial charge >= 0.3 is 39.5 Å². The van der Waals surface area contributed by atoms with Crippen molar-refractivity contribution in [2.75, 3.05) is 39.6 Å². The molecule has 0 aromatic heterocycles. The Bertz CT molecular complexity index is 1700. The molecule has 0 aromatic rings. The summed E-state index contributed by atoms with van der Waals surface area (Å²) in [6.07, 6.45) is 36.4. The van der Waals surface area contributed by atoms with Gasteiger partial charge in [-0.15, -0.1) is 0 Å². The van der Waals surface area contributed by atoms with Crippen molar-refractivity contribution in [3.8, 4) is 0 Å². The van der Waals surface area contributed by atoms with Crippen LogP contribution in [0.4, 0.5) is 0 Å². The number of hydrogen-bond acceptors (Lipinski definition) is 15. The zero-order chi connectivity index (χ0) is 63.2. The molecule has 0 amide bonds. The predicted octanol–water partition coefficient (Wildman–Crippen LogP) is 18.1. The smallest absolute Gasteiger partial charge is 0.462 e. The normalized spacial score (nSPS) is 14.4. The van der Waals surface area contributed by atoms with E-state index in [1.165, 1.54) is 116 Å². The molecular formula is C66H128O17P2. The Kier molecular flexibility index (Phi) is 54.8. The number of unbranched alkanes of at least 4 members (excludes halogenated alkanes) is 29. The van der Waals surface area contributed by atoms with Crippen LogP contribution in [0.2, 0.25) is 0 Å². The number of phosphoric ester groups is 2. The van der Waals surface area contributed by atoms with Crippen LogP contribution in [-0.4, -0.2) is 96.7 Å². The van der Waals surface area contributed by atoms with Crippen LogP contribution in [0.3, 0.4) is 0 Å². The molecule has 0 bridgehead atoms. The second-order valence-electron chi connectivity index (χ2n) is 25.8. The molecule has 0 radical (unpaired) electrons. The Balaban J connectivity index is 5.25. The van der Waals surface area contributed by atoms with Gasteiger partial charge < -0.3 is 33.8 Å². The predicted molar refractivity (Wildman–Crippen MR) is 340 cm³/mol. The highest BCUT2D eigenvalue weighted by Crippen LogP contribution is 2.45. The molecule has 5 atom stereocenters. The topological polar surface area (TPSA) is 237 Å². The molecule has 0 aliphatic carbocycles. The fourth-order valence-electron chi connectivity index (χ4n) is 9.78. The third-order valence-corrected chi connectivity index (χ3v) is 17.0. The first-order valence-electron chi connectivity index (χ1n) is 34.2. The quantitative estimate of drug-likeness (QED) is 0.0222. The van der Waals surface area contributed by atoms with Crippen molar-refractivity contribution in [3.05, 3.63) is 0 Å². The molecule has 2 unspecified atom stereocenters. The third-order valence-electron chi connectivity index (χ3n) is 15.1. The fourth-order valence-corrected chi connectivity index (χ4v) is 11.4. The molecule has 0 aliphatic rings. The van der Waals surface area contributed by atoms with Crippen molar-refractivity contribution in [2.24, 2.45) is 23.7 Å². The number of aliphatic hydroxyl groups excluding tert-OH is 1. The summed E-state index contributed by atoms with van der Waals surface area (Å²) < 4.78 is 68.1. The van der Waals surface area contributed by atoms with Crippen molar-refractivity contribution >= 4 is 39.5 Å². The molecule has 17 nitrogen and oxygen atoms in total. The Morgan fingerprint density at radius 1 is 0.294 bits per heavy atom. The molecule has 0 aliphatic heterocycles. The van der Waals surface area contributed by atoms with Crippen LogP contribution < -0.4 is 0 Å². The number of aliphatic hydroxyl groups is 1. The molecule has 0 saturated heterocycles. The first-order chi connectivity index (χ1) is 40.6. The highest BCUT2D eigenvalue weighted by Gasteiger charge is 2.30. The van der Waals surface area contributed by atoms with Gasteiger partial charge in [0.2, 0.25) is 0 Å². The van der Waals surface area contributed by atoms with Crippen molar-refractivity contribution in [3.63, 3.8) is 0 Å². The average Bonchev–Trinajstić information content (AvgIpc) is 3.55. The molecule has 0 saturated carbocycles. The van der Waals surface area contributed by atoms with Gasteiger partial charge in [-0.2, -0.15) is 0 Å². The van der Waals surface area contributed by atoms with Crippen LogP contribution in [0, 0.1) is 23.7 Å². The number of rotatable bonds is 63. The van der Waals surface area contributed by atoms with Crippen molar-refractivity contribution in [1.82, 2.24) is 0 Å². The summed E-state index contributed by atoms with van der Waals surface area (Å²) in [6.45, 7) is 14.0. The Morgan fingerprint density at radius 2 is 0.494 bits per heavy atom. The van der Waals surface area contributed by atoms with E-state index in [0.717, 1.165) is 114 Å². The van der Waals surface area contributed by atoms with Gasteiger partial charge in [-0.05, 0) is 49.4 Å². The van der Waals surface area contributed by atoms with Crippen molar-refractivity contribution < 1.29 is 80.2 Å². The molecule has 0 heterocycles. The van der Waals surface area contributed by atoms with E-state index in [-0.39, 0.29) is 25.7 Å². The first-order valence-corrected chi connectivity index (χ1v) is 37.2. The maximum atomic E-state index is 13.0. The fraction of sp³-hybridized carbons (Fsp3) is 0.939. The van der Waals surface area contributed by atoms with Crippen LogP contribution in [0.15, 0.2) is 0 Å². The Labute approximate surface area is 517 Å². The van der Waals surface area contributed by atoms with Crippen LogP contribution in [0.25, 0.3) is 0 Å². The summed E-state index contributed by atoms with van der Waals surface area (Å²) in [5.41, 5.74) is 0. The van der Waals surface area contributed by atoms with E-state index in [1.807, 2.05) is 0 Å². The molecule has 0 aromatic carbocycles. The lowest BCUT2D eigenvalue weighted by Crippen LogP contribution is -2.30. The minimum atomic E-state index is -4.95. The molecule has 0 rings (SSSR count). The van der Waals surface area contributed by atoms with Gasteiger partial charge in [-0.3, -0.25) is 37.3 Å². The minimum absolute atomic E-state index is 0.103. The van der Waals surface area contributed by atoms with Gasteiger partial charge in [-0.25, -0.2) is 9.13 Å². The number of esters is 4. The van der Waals surface area contributed by atoms with E-state index in [9.17, 15) is 43.2 Å². The van der Waals surface area contributed by atoms with Gasteiger partial charge in [-0.1, -0.05) is 267 Å².